The zero-order valence-corrected chi connectivity index (χ0v) is 11.4. The summed E-state index contributed by atoms with van der Waals surface area (Å²) in [6.45, 7) is 6.73. The molecule has 1 aliphatic heterocycles. The second kappa shape index (κ2) is 5.45. The van der Waals surface area contributed by atoms with E-state index in [9.17, 15) is 9.50 Å². The van der Waals surface area contributed by atoms with E-state index in [-0.39, 0.29) is 17.9 Å². The highest BCUT2D eigenvalue weighted by molar-refractivity contribution is 5.29. The molecule has 0 radical (unpaired) electrons. The van der Waals surface area contributed by atoms with E-state index in [0.717, 1.165) is 6.07 Å². The van der Waals surface area contributed by atoms with E-state index in [2.05, 4.69) is 5.32 Å². The minimum absolute atomic E-state index is 0.0300. The highest BCUT2D eigenvalue weighted by Crippen LogP contribution is 2.24. The Morgan fingerprint density at radius 1 is 1.53 bits per heavy atom. The molecular formula is C14H20FNO3. The van der Waals surface area contributed by atoms with Gasteiger partial charge in [0.2, 0.25) is 0 Å². The zero-order chi connectivity index (χ0) is 14.0. The zero-order valence-electron chi connectivity index (χ0n) is 11.4. The lowest BCUT2D eigenvalue weighted by atomic mass is 10.1. The smallest absolute Gasteiger partial charge is 0.163 e. The summed E-state index contributed by atoms with van der Waals surface area (Å²) in [5.74, 6) is -1.02. The lowest BCUT2D eigenvalue weighted by Crippen LogP contribution is -2.32. The van der Waals surface area contributed by atoms with Crippen LogP contribution in [0.3, 0.4) is 0 Å². The molecule has 106 valence electrons. The van der Waals surface area contributed by atoms with E-state index in [1.165, 1.54) is 6.07 Å². The normalized spacial score (nSPS) is 23.5. The number of nitrogens with one attached hydrogen (secondary N) is 1. The van der Waals surface area contributed by atoms with Crippen LogP contribution in [0.1, 0.15) is 32.4 Å². The van der Waals surface area contributed by atoms with E-state index in [1.54, 1.807) is 6.07 Å². The molecule has 1 fully saturated rings. The van der Waals surface area contributed by atoms with Crippen molar-refractivity contribution >= 4 is 0 Å². The van der Waals surface area contributed by atoms with Crippen LogP contribution in [0.25, 0.3) is 0 Å². The first-order chi connectivity index (χ1) is 8.87. The number of halogens is 1. The van der Waals surface area contributed by atoms with E-state index in [1.807, 2.05) is 20.8 Å². The summed E-state index contributed by atoms with van der Waals surface area (Å²) < 4.78 is 24.8. The summed E-state index contributed by atoms with van der Waals surface area (Å²) in [5.41, 5.74) is 0.524. The van der Waals surface area contributed by atoms with Gasteiger partial charge in [-0.05, 0) is 26.8 Å². The number of benzene rings is 1. The fraction of sp³-hybridized carbons (Fsp3) is 0.571. The molecule has 1 saturated heterocycles. The number of ether oxygens (including phenoxy) is 2. The van der Waals surface area contributed by atoms with Gasteiger partial charge in [-0.25, -0.2) is 4.39 Å². The first-order valence-electron chi connectivity index (χ1n) is 6.41. The fourth-order valence-corrected chi connectivity index (χ4v) is 2.15. The van der Waals surface area contributed by atoms with Gasteiger partial charge in [0.25, 0.3) is 0 Å². The molecular weight excluding hydrogens is 249 g/mol. The Balaban J connectivity index is 1.89. The van der Waals surface area contributed by atoms with Crippen LogP contribution in [0.5, 0.6) is 5.75 Å². The lowest BCUT2D eigenvalue weighted by molar-refractivity contribution is -0.137. The van der Waals surface area contributed by atoms with Crippen molar-refractivity contribution in [1.29, 1.82) is 0 Å². The highest BCUT2D eigenvalue weighted by atomic mass is 19.1. The molecule has 1 heterocycles. The van der Waals surface area contributed by atoms with Crippen molar-refractivity contribution in [2.75, 3.05) is 13.2 Å². The Hall–Kier alpha value is -1.17. The Labute approximate surface area is 112 Å². The maximum atomic E-state index is 13.7. The predicted molar refractivity (Wildman–Crippen MR) is 69.4 cm³/mol. The third-order valence-corrected chi connectivity index (χ3v) is 3.17. The molecule has 0 aliphatic carbocycles. The number of phenols is 1. The van der Waals surface area contributed by atoms with E-state index in [4.69, 9.17) is 9.47 Å². The van der Waals surface area contributed by atoms with Gasteiger partial charge in [-0.1, -0.05) is 6.07 Å². The van der Waals surface area contributed by atoms with Gasteiger partial charge in [-0.15, -0.1) is 0 Å². The largest absolute Gasteiger partial charge is 0.508 e. The van der Waals surface area contributed by atoms with Crippen molar-refractivity contribution in [3.63, 3.8) is 0 Å². The van der Waals surface area contributed by atoms with Crippen molar-refractivity contribution in [3.8, 4) is 5.75 Å². The average molecular weight is 269 g/mol. The summed E-state index contributed by atoms with van der Waals surface area (Å²) in [4.78, 5) is 0. The molecule has 19 heavy (non-hydrogen) atoms. The number of rotatable bonds is 4. The number of aromatic hydroxyl groups is 1. The molecule has 4 nitrogen and oxygen atoms in total. The van der Waals surface area contributed by atoms with Gasteiger partial charge in [-0.2, -0.15) is 0 Å². The van der Waals surface area contributed by atoms with Crippen LogP contribution >= 0.6 is 0 Å². The van der Waals surface area contributed by atoms with Crippen molar-refractivity contribution < 1.29 is 19.0 Å². The second-order valence-electron chi connectivity index (χ2n) is 5.29. The number of phenolic OH excluding ortho intramolecular Hbond substituents is 1. The van der Waals surface area contributed by atoms with E-state index < -0.39 is 11.6 Å². The molecule has 2 rings (SSSR count). The van der Waals surface area contributed by atoms with Gasteiger partial charge in [0.1, 0.15) is 11.6 Å². The molecule has 2 unspecified atom stereocenters. The van der Waals surface area contributed by atoms with E-state index >= 15 is 0 Å². The standard InChI is InChI=1S/C14H20FNO3/c1-9(12-5-4-10(17)6-13(12)15)16-7-11-8-18-14(2,3)19-11/h4-6,9,11,16-17H,7-8H2,1-3H3. The Morgan fingerprint density at radius 3 is 2.84 bits per heavy atom. The lowest BCUT2D eigenvalue weighted by Gasteiger charge is -2.20. The first-order valence-corrected chi connectivity index (χ1v) is 6.41. The third-order valence-electron chi connectivity index (χ3n) is 3.17. The van der Waals surface area contributed by atoms with Gasteiger partial charge in [0.05, 0.1) is 12.7 Å². The van der Waals surface area contributed by atoms with Crippen LogP contribution in [0, 0.1) is 5.82 Å². The highest BCUT2D eigenvalue weighted by Gasteiger charge is 2.32. The fourth-order valence-electron chi connectivity index (χ4n) is 2.15. The minimum atomic E-state index is -0.542. The van der Waals surface area contributed by atoms with Crippen molar-refractivity contribution in [1.82, 2.24) is 5.32 Å². The monoisotopic (exact) mass is 269 g/mol. The van der Waals surface area contributed by atoms with Gasteiger partial charge in [0, 0.05) is 24.2 Å². The Kier molecular flexibility index (Phi) is 4.08. The minimum Gasteiger partial charge on any atom is -0.508 e. The molecule has 1 aromatic carbocycles. The average Bonchev–Trinajstić information content (AvgIpc) is 2.66. The quantitative estimate of drug-likeness (QED) is 0.881. The maximum Gasteiger partial charge on any atom is 0.163 e. The predicted octanol–water partition coefficient (Wildman–Crippen LogP) is 2.33. The van der Waals surface area contributed by atoms with Gasteiger partial charge < -0.3 is 19.9 Å². The van der Waals surface area contributed by atoms with Gasteiger partial charge in [-0.3, -0.25) is 0 Å². The van der Waals surface area contributed by atoms with Crippen LogP contribution < -0.4 is 5.32 Å². The summed E-state index contributed by atoms with van der Waals surface area (Å²) >= 11 is 0. The SMILES string of the molecule is CC(NCC1COC(C)(C)O1)c1ccc(O)cc1F. The van der Waals surface area contributed by atoms with Crippen LogP contribution in [0.15, 0.2) is 18.2 Å². The third kappa shape index (κ3) is 3.65. The topological polar surface area (TPSA) is 50.7 Å². The Morgan fingerprint density at radius 2 is 2.26 bits per heavy atom. The van der Waals surface area contributed by atoms with Crippen molar-refractivity contribution in [2.24, 2.45) is 0 Å². The summed E-state index contributed by atoms with van der Waals surface area (Å²) in [5, 5.41) is 12.4. The number of hydrogen-bond acceptors (Lipinski definition) is 4. The summed E-state index contributed by atoms with van der Waals surface area (Å²) in [6, 6.07) is 4.02. The van der Waals surface area contributed by atoms with Gasteiger partial charge in [0.15, 0.2) is 5.79 Å². The molecule has 2 atom stereocenters. The van der Waals surface area contributed by atoms with Crippen LogP contribution in [0.2, 0.25) is 0 Å². The Bertz CT molecular complexity index is 450. The van der Waals surface area contributed by atoms with Crippen molar-refractivity contribution in [3.05, 3.63) is 29.6 Å². The second-order valence-corrected chi connectivity index (χ2v) is 5.29. The van der Waals surface area contributed by atoms with Crippen LogP contribution in [-0.4, -0.2) is 30.1 Å². The van der Waals surface area contributed by atoms with Crippen molar-refractivity contribution in [2.45, 2.75) is 38.7 Å². The maximum absolute atomic E-state index is 13.7. The molecule has 0 aromatic heterocycles. The molecule has 0 bridgehead atoms. The van der Waals surface area contributed by atoms with Crippen LogP contribution in [0.4, 0.5) is 4.39 Å². The van der Waals surface area contributed by atoms with Crippen LogP contribution in [-0.2, 0) is 9.47 Å². The summed E-state index contributed by atoms with van der Waals surface area (Å²) in [7, 11) is 0. The molecule has 1 aliphatic rings. The first kappa shape index (κ1) is 14.2. The van der Waals surface area contributed by atoms with Gasteiger partial charge >= 0.3 is 0 Å². The molecule has 5 heteroatoms. The molecule has 1 aromatic rings. The molecule has 2 N–H and O–H groups in total. The molecule has 0 spiro atoms. The summed E-state index contributed by atoms with van der Waals surface area (Å²) in [6.07, 6.45) is -0.0300. The number of hydrogen-bond donors (Lipinski definition) is 2. The molecule has 0 amide bonds. The molecule has 0 saturated carbocycles. The van der Waals surface area contributed by atoms with E-state index in [0.29, 0.717) is 18.7 Å².